The largest absolute Gasteiger partial charge is 0.342 e. The molecule has 0 aromatic rings. The van der Waals surface area contributed by atoms with Crippen molar-refractivity contribution >= 4 is 5.91 Å². The molecule has 1 atom stereocenters. The van der Waals surface area contributed by atoms with Crippen molar-refractivity contribution in [1.29, 1.82) is 0 Å². The Kier molecular flexibility index (Phi) is 9.78. The van der Waals surface area contributed by atoms with Crippen LogP contribution in [0.15, 0.2) is 0 Å². The molecule has 0 aliphatic carbocycles. The summed E-state index contributed by atoms with van der Waals surface area (Å²) in [5.74, 6) is 0.789. The van der Waals surface area contributed by atoms with Crippen LogP contribution in [0.2, 0.25) is 0 Å². The fraction of sp³-hybridized carbons (Fsp3) is 0.944. The first kappa shape index (κ1) is 17.5. The molecule has 1 aliphatic rings. The van der Waals surface area contributed by atoms with E-state index < -0.39 is 0 Å². The molecular formula is C18H35NO. The van der Waals surface area contributed by atoms with Crippen LogP contribution in [0.5, 0.6) is 0 Å². The Bertz CT molecular complexity index is 248. The van der Waals surface area contributed by atoms with E-state index in [4.69, 9.17) is 0 Å². The average Bonchev–Trinajstić information content (AvgIpc) is 2.38. The minimum absolute atomic E-state index is 0.328. The van der Waals surface area contributed by atoms with Gasteiger partial charge in [-0.15, -0.1) is 0 Å². The molecule has 0 bridgehead atoms. The number of hydrogen-bond donors (Lipinski definition) is 0. The van der Waals surface area contributed by atoms with Crippen molar-refractivity contribution in [3.05, 3.63) is 0 Å². The van der Waals surface area contributed by atoms with E-state index in [0.29, 0.717) is 11.8 Å². The van der Waals surface area contributed by atoms with Gasteiger partial charge in [-0.1, -0.05) is 71.6 Å². The molecular weight excluding hydrogens is 246 g/mol. The SMILES string of the molecule is CCCCCCCC(CCCCCC)C(=O)N1CCC1. The summed E-state index contributed by atoms with van der Waals surface area (Å²) >= 11 is 0. The van der Waals surface area contributed by atoms with E-state index in [1.54, 1.807) is 0 Å². The molecule has 0 spiro atoms. The van der Waals surface area contributed by atoms with Crippen LogP contribution in [0, 0.1) is 5.92 Å². The monoisotopic (exact) mass is 281 g/mol. The molecule has 1 amide bonds. The molecule has 118 valence electrons. The van der Waals surface area contributed by atoms with E-state index in [1.807, 2.05) is 0 Å². The van der Waals surface area contributed by atoms with Gasteiger partial charge in [0.25, 0.3) is 0 Å². The van der Waals surface area contributed by atoms with Crippen LogP contribution in [-0.2, 0) is 4.79 Å². The number of likely N-dealkylation sites (tertiary alicyclic amines) is 1. The lowest BCUT2D eigenvalue weighted by atomic mass is 9.92. The summed E-state index contributed by atoms with van der Waals surface area (Å²) in [7, 11) is 0. The highest BCUT2D eigenvalue weighted by Crippen LogP contribution is 2.23. The summed E-state index contributed by atoms with van der Waals surface area (Å²) in [6, 6.07) is 0. The Balaban J connectivity index is 2.24. The number of nitrogens with zero attached hydrogens (tertiary/aromatic N) is 1. The zero-order chi connectivity index (χ0) is 14.6. The molecule has 0 N–H and O–H groups in total. The van der Waals surface area contributed by atoms with E-state index in [0.717, 1.165) is 25.9 Å². The summed E-state index contributed by atoms with van der Waals surface area (Å²) in [6.07, 6.45) is 15.2. The second kappa shape index (κ2) is 11.2. The third kappa shape index (κ3) is 6.76. The van der Waals surface area contributed by atoms with Gasteiger partial charge in [0.2, 0.25) is 5.91 Å². The van der Waals surface area contributed by atoms with Crippen LogP contribution >= 0.6 is 0 Å². The maximum atomic E-state index is 12.4. The molecule has 1 rings (SSSR count). The van der Waals surface area contributed by atoms with Gasteiger partial charge in [0.05, 0.1) is 0 Å². The smallest absolute Gasteiger partial charge is 0.225 e. The molecule has 1 saturated heterocycles. The molecule has 2 heteroatoms. The Labute approximate surface area is 126 Å². The predicted octanol–water partition coefficient (Wildman–Crippen LogP) is 5.17. The van der Waals surface area contributed by atoms with Crippen molar-refractivity contribution in [2.45, 2.75) is 90.9 Å². The standard InChI is InChI=1S/C18H35NO/c1-3-5-7-9-11-14-17(13-10-8-6-4-2)18(20)19-15-12-16-19/h17H,3-16H2,1-2H3. The van der Waals surface area contributed by atoms with Crippen molar-refractivity contribution in [3.63, 3.8) is 0 Å². The lowest BCUT2D eigenvalue weighted by molar-refractivity contribution is -0.139. The first-order valence-electron chi connectivity index (χ1n) is 9.08. The molecule has 20 heavy (non-hydrogen) atoms. The molecule has 2 nitrogen and oxygen atoms in total. The fourth-order valence-corrected chi connectivity index (χ4v) is 3.00. The van der Waals surface area contributed by atoms with E-state index in [1.165, 1.54) is 64.2 Å². The van der Waals surface area contributed by atoms with Crippen LogP contribution in [0.1, 0.15) is 90.9 Å². The number of carbonyl (C=O) groups is 1. The molecule has 1 heterocycles. The Morgan fingerprint density at radius 2 is 1.35 bits per heavy atom. The molecule has 0 aromatic heterocycles. The lowest BCUT2D eigenvalue weighted by Crippen LogP contribution is -2.45. The van der Waals surface area contributed by atoms with Crippen molar-refractivity contribution in [3.8, 4) is 0 Å². The topological polar surface area (TPSA) is 20.3 Å². The molecule has 0 saturated carbocycles. The fourth-order valence-electron chi connectivity index (χ4n) is 3.00. The Morgan fingerprint density at radius 3 is 1.80 bits per heavy atom. The van der Waals surface area contributed by atoms with Gasteiger partial charge in [0.1, 0.15) is 0 Å². The van der Waals surface area contributed by atoms with Crippen molar-refractivity contribution in [2.24, 2.45) is 5.92 Å². The van der Waals surface area contributed by atoms with Crippen molar-refractivity contribution in [2.75, 3.05) is 13.1 Å². The molecule has 1 aliphatic heterocycles. The number of hydrogen-bond acceptors (Lipinski definition) is 1. The second-order valence-corrected chi connectivity index (χ2v) is 6.43. The number of amides is 1. The van der Waals surface area contributed by atoms with Crippen LogP contribution in [0.4, 0.5) is 0 Å². The maximum Gasteiger partial charge on any atom is 0.225 e. The van der Waals surface area contributed by atoms with Crippen molar-refractivity contribution < 1.29 is 4.79 Å². The number of unbranched alkanes of at least 4 members (excludes halogenated alkanes) is 7. The summed E-state index contributed by atoms with van der Waals surface area (Å²) in [6.45, 7) is 6.53. The van der Waals surface area contributed by atoms with Gasteiger partial charge >= 0.3 is 0 Å². The van der Waals surface area contributed by atoms with Crippen LogP contribution in [0.25, 0.3) is 0 Å². The van der Waals surface area contributed by atoms with Gasteiger partial charge in [-0.2, -0.15) is 0 Å². The van der Waals surface area contributed by atoms with E-state index in [-0.39, 0.29) is 0 Å². The third-order valence-electron chi connectivity index (χ3n) is 4.58. The molecule has 1 unspecified atom stereocenters. The first-order valence-corrected chi connectivity index (χ1v) is 9.08. The van der Waals surface area contributed by atoms with E-state index >= 15 is 0 Å². The number of carbonyl (C=O) groups excluding carboxylic acids is 1. The average molecular weight is 281 g/mol. The first-order chi connectivity index (χ1) is 9.79. The highest BCUT2D eigenvalue weighted by molar-refractivity contribution is 5.79. The zero-order valence-corrected chi connectivity index (χ0v) is 13.8. The quantitative estimate of drug-likeness (QED) is 0.452. The Morgan fingerprint density at radius 1 is 0.850 bits per heavy atom. The second-order valence-electron chi connectivity index (χ2n) is 6.43. The maximum absolute atomic E-state index is 12.4. The van der Waals surface area contributed by atoms with Gasteiger partial charge in [-0.25, -0.2) is 0 Å². The summed E-state index contributed by atoms with van der Waals surface area (Å²) in [5, 5.41) is 0. The van der Waals surface area contributed by atoms with E-state index in [2.05, 4.69) is 18.7 Å². The minimum atomic E-state index is 0.328. The van der Waals surface area contributed by atoms with Gasteiger partial charge < -0.3 is 4.90 Å². The lowest BCUT2D eigenvalue weighted by Gasteiger charge is -2.34. The highest BCUT2D eigenvalue weighted by atomic mass is 16.2. The summed E-state index contributed by atoms with van der Waals surface area (Å²) in [4.78, 5) is 14.5. The van der Waals surface area contributed by atoms with Gasteiger partial charge in [0, 0.05) is 19.0 Å². The normalized spacial score (nSPS) is 16.0. The van der Waals surface area contributed by atoms with Crippen molar-refractivity contribution in [1.82, 2.24) is 4.90 Å². The van der Waals surface area contributed by atoms with Crippen LogP contribution in [-0.4, -0.2) is 23.9 Å². The zero-order valence-electron chi connectivity index (χ0n) is 13.8. The Hall–Kier alpha value is -0.530. The summed E-state index contributed by atoms with van der Waals surface area (Å²) in [5.41, 5.74) is 0. The van der Waals surface area contributed by atoms with Crippen LogP contribution in [0.3, 0.4) is 0 Å². The minimum Gasteiger partial charge on any atom is -0.342 e. The number of rotatable bonds is 12. The van der Waals surface area contributed by atoms with Gasteiger partial charge in [-0.3, -0.25) is 4.79 Å². The third-order valence-corrected chi connectivity index (χ3v) is 4.58. The van der Waals surface area contributed by atoms with Crippen LogP contribution < -0.4 is 0 Å². The highest BCUT2D eigenvalue weighted by Gasteiger charge is 2.27. The van der Waals surface area contributed by atoms with Gasteiger partial charge in [0.15, 0.2) is 0 Å². The molecule has 0 radical (unpaired) electrons. The summed E-state index contributed by atoms with van der Waals surface area (Å²) < 4.78 is 0. The molecule has 1 fully saturated rings. The predicted molar refractivity (Wildman–Crippen MR) is 86.8 cm³/mol. The molecule has 0 aromatic carbocycles. The van der Waals surface area contributed by atoms with Gasteiger partial charge in [-0.05, 0) is 19.3 Å². The van der Waals surface area contributed by atoms with E-state index in [9.17, 15) is 4.79 Å².